The molecular formula is C11H13N3O. The Morgan fingerprint density at radius 2 is 2.27 bits per heavy atom. The van der Waals surface area contributed by atoms with Crippen LogP contribution in [0.4, 0.5) is 0 Å². The van der Waals surface area contributed by atoms with Gasteiger partial charge in [0.2, 0.25) is 0 Å². The van der Waals surface area contributed by atoms with Gasteiger partial charge in [-0.3, -0.25) is 4.79 Å². The molecule has 4 heteroatoms. The fourth-order valence-corrected chi connectivity index (χ4v) is 1.58. The van der Waals surface area contributed by atoms with Gasteiger partial charge in [0, 0.05) is 0 Å². The number of carbonyl (C=O) groups excluding carboxylic acids is 1. The van der Waals surface area contributed by atoms with Crippen LogP contribution in [0, 0.1) is 6.92 Å². The number of hydrogen-bond acceptors (Lipinski definition) is 3. The zero-order valence-corrected chi connectivity index (χ0v) is 8.74. The normalized spacial score (nSPS) is 13.0. The minimum Gasteiger partial charge on any atom is -0.342 e. The Labute approximate surface area is 87.5 Å². The summed E-state index contributed by atoms with van der Waals surface area (Å²) in [5.74, 6) is 0.823. The highest BCUT2D eigenvalue weighted by molar-refractivity contribution is 5.84. The molecule has 1 aromatic heterocycles. The molecule has 0 bridgehead atoms. The van der Waals surface area contributed by atoms with E-state index < -0.39 is 6.04 Å². The fourth-order valence-electron chi connectivity index (χ4n) is 1.58. The van der Waals surface area contributed by atoms with Crippen LogP contribution in [0.25, 0.3) is 11.0 Å². The first-order valence-electron chi connectivity index (χ1n) is 4.80. The monoisotopic (exact) mass is 203 g/mol. The van der Waals surface area contributed by atoms with Crippen LogP contribution >= 0.6 is 0 Å². The quantitative estimate of drug-likeness (QED) is 0.776. The van der Waals surface area contributed by atoms with Crippen LogP contribution in [0.3, 0.4) is 0 Å². The van der Waals surface area contributed by atoms with Gasteiger partial charge < -0.3 is 10.7 Å². The maximum atomic E-state index is 11.1. The molecule has 0 saturated heterocycles. The number of aryl methyl sites for hydroxylation is 1. The Kier molecular flexibility index (Phi) is 2.28. The summed E-state index contributed by atoms with van der Waals surface area (Å²) in [6.07, 6.45) is 0. The molecule has 0 saturated carbocycles. The molecule has 3 N–H and O–H groups in total. The molecule has 0 amide bonds. The lowest BCUT2D eigenvalue weighted by atomic mass is 10.0. The van der Waals surface area contributed by atoms with E-state index in [2.05, 4.69) is 9.97 Å². The van der Waals surface area contributed by atoms with Gasteiger partial charge in [0.05, 0.1) is 17.1 Å². The van der Waals surface area contributed by atoms with Crippen molar-refractivity contribution in [3.05, 3.63) is 29.6 Å². The van der Waals surface area contributed by atoms with Crippen LogP contribution in [0.2, 0.25) is 0 Å². The largest absolute Gasteiger partial charge is 0.342 e. The Bertz CT molecular complexity index is 516. The predicted octanol–water partition coefficient (Wildman–Crippen LogP) is 1.46. The third-order valence-electron chi connectivity index (χ3n) is 2.42. The second-order valence-electron chi connectivity index (χ2n) is 3.69. The lowest BCUT2D eigenvalue weighted by molar-refractivity contribution is -0.118. The Hall–Kier alpha value is -1.68. The number of nitrogens with zero attached hydrogens (tertiary/aromatic N) is 1. The van der Waals surface area contributed by atoms with E-state index in [0.29, 0.717) is 0 Å². The Balaban J connectivity index is 2.50. The van der Waals surface area contributed by atoms with Crippen LogP contribution in [-0.2, 0) is 4.79 Å². The summed E-state index contributed by atoms with van der Waals surface area (Å²) >= 11 is 0. The van der Waals surface area contributed by atoms with E-state index in [4.69, 9.17) is 5.73 Å². The van der Waals surface area contributed by atoms with Crippen LogP contribution in [0.5, 0.6) is 0 Å². The van der Waals surface area contributed by atoms with E-state index in [1.54, 1.807) is 0 Å². The van der Waals surface area contributed by atoms with Gasteiger partial charge in [-0.1, -0.05) is 6.07 Å². The van der Waals surface area contributed by atoms with E-state index >= 15 is 0 Å². The number of aromatic amines is 1. The van der Waals surface area contributed by atoms with E-state index in [9.17, 15) is 4.79 Å². The number of benzene rings is 1. The first-order chi connectivity index (χ1) is 7.08. The molecule has 1 heterocycles. The standard InChI is InChI=1S/C11H13N3O/c1-6(15)11(12)8-3-4-9-10(5-8)14-7(2)13-9/h3-5,11H,12H2,1-2H3,(H,13,14). The van der Waals surface area contributed by atoms with Gasteiger partial charge in [0.25, 0.3) is 0 Å². The highest BCUT2D eigenvalue weighted by Gasteiger charge is 2.11. The number of rotatable bonds is 2. The van der Waals surface area contributed by atoms with Crippen LogP contribution < -0.4 is 5.73 Å². The minimum atomic E-state index is -0.544. The average Bonchev–Trinajstić information content (AvgIpc) is 2.55. The van der Waals surface area contributed by atoms with Gasteiger partial charge >= 0.3 is 0 Å². The number of aromatic nitrogens is 2. The second-order valence-corrected chi connectivity index (χ2v) is 3.69. The minimum absolute atomic E-state index is 0.0365. The first kappa shape index (κ1) is 9.86. The van der Waals surface area contributed by atoms with Gasteiger partial charge in [-0.15, -0.1) is 0 Å². The van der Waals surface area contributed by atoms with Gasteiger partial charge in [-0.2, -0.15) is 0 Å². The van der Waals surface area contributed by atoms with Gasteiger partial charge in [0.1, 0.15) is 5.82 Å². The van der Waals surface area contributed by atoms with Crippen molar-refractivity contribution in [2.24, 2.45) is 5.73 Å². The van der Waals surface area contributed by atoms with Crippen LogP contribution in [0.1, 0.15) is 24.4 Å². The number of imidazole rings is 1. The number of Topliss-reactive ketones (excluding diaryl/α,β-unsaturated/α-hetero) is 1. The number of carbonyl (C=O) groups is 1. The van der Waals surface area contributed by atoms with Gasteiger partial charge in [-0.25, -0.2) is 4.98 Å². The summed E-state index contributed by atoms with van der Waals surface area (Å²) in [5, 5.41) is 0. The zero-order valence-electron chi connectivity index (χ0n) is 8.74. The predicted molar refractivity (Wildman–Crippen MR) is 58.4 cm³/mol. The number of nitrogens with two attached hydrogens (primary N) is 1. The third kappa shape index (κ3) is 1.76. The Morgan fingerprint density at radius 3 is 2.93 bits per heavy atom. The smallest absolute Gasteiger partial charge is 0.150 e. The summed E-state index contributed by atoms with van der Waals surface area (Å²) in [6, 6.07) is 5.05. The molecule has 0 aliphatic rings. The SMILES string of the molecule is CC(=O)C(N)c1ccc2nc(C)[nH]c2c1. The number of hydrogen-bond donors (Lipinski definition) is 2. The summed E-state index contributed by atoms with van der Waals surface area (Å²) in [7, 11) is 0. The van der Waals surface area contributed by atoms with Crippen molar-refractivity contribution in [3.8, 4) is 0 Å². The number of ketones is 1. The summed E-state index contributed by atoms with van der Waals surface area (Å²) in [6.45, 7) is 3.39. The number of fused-ring (bicyclic) bond motifs is 1. The lowest BCUT2D eigenvalue weighted by Gasteiger charge is -2.07. The van der Waals surface area contributed by atoms with Crippen molar-refractivity contribution in [1.29, 1.82) is 0 Å². The average molecular weight is 203 g/mol. The van der Waals surface area contributed by atoms with Crippen molar-refractivity contribution in [2.75, 3.05) is 0 Å². The van der Waals surface area contributed by atoms with E-state index in [-0.39, 0.29) is 5.78 Å². The lowest BCUT2D eigenvalue weighted by Crippen LogP contribution is -2.18. The molecule has 15 heavy (non-hydrogen) atoms. The molecule has 4 nitrogen and oxygen atoms in total. The molecule has 78 valence electrons. The zero-order chi connectivity index (χ0) is 11.0. The van der Waals surface area contributed by atoms with Crippen molar-refractivity contribution in [3.63, 3.8) is 0 Å². The first-order valence-corrected chi connectivity index (χ1v) is 4.80. The molecular weight excluding hydrogens is 190 g/mol. The molecule has 0 spiro atoms. The molecule has 0 radical (unpaired) electrons. The highest BCUT2D eigenvalue weighted by atomic mass is 16.1. The summed E-state index contributed by atoms with van der Waals surface area (Å²) in [4.78, 5) is 18.5. The van der Waals surface area contributed by atoms with Gasteiger partial charge in [0.15, 0.2) is 5.78 Å². The van der Waals surface area contributed by atoms with Gasteiger partial charge in [-0.05, 0) is 31.5 Å². The maximum Gasteiger partial charge on any atom is 0.150 e. The van der Waals surface area contributed by atoms with E-state index in [0.717, 1.165) is 22.4 Å². The molecule has 0 aliphatic heterocycles. The molecule has 0 aliphatic carbocycles. The molecule has 1 aromatic carbocycles. The van der Waals surface area contributed by atoms with E-state index in [1.165, 1.54) is 6.92 Å². The fraction of sp³-hybridized carbons (Fsp3) is 0.273. The van der Waals surface area contributed by atoms with Crippen LogP contribution in [-0.4, -0.2) is 15.8 Å². The maximum absolute atomic E-state index is 11.1. The highest BCUT2D eigenvalue weighted by Crippen LogP contribution is 2.18. The van der Waals surface area contributed by atoms with Crippen LogP contribution in [0.15, 0.2) is 18.2 Å². The number of nitrogens with one attached hydrogen (secondary N) is 1. The summed E-state index contributed by atoms with van der Waals surface area (Å²) in [5.41, 5.74) is 8.38. The topological polar surface area (TPSA) is 71.8 Å². The van der Waals surface area contributed by atoms with Crippen molar-refractivity contribution in [1.82, 2.24) is 9.97 Å². The molecule has 2 rings (SSSR count). The Morgan fingerprint density at radius 1 is 1.53 bits per heavy atom. The molecule has 0 fully saturated rings. The van der Waals surface area contributed by atoms with Crippen molar-refractivity contribution < 1.29 is 4.79 Å². The summed E-state index contributed by atoms with van der Waals surface area (Å²) < 4.78 is 0. The third-order valence-corrected chi connectivity index (χ3v) is 2.42. The number of H-pyrrole nitrogens is 1. The van der Waals surface area contributed by atoms with E-state index in [1.807, 2.05) is 25.1 Å². The van der Waals surface area contributed by atoms with Crippen molar-refractivity contribution >= 4 is 16.8 Å². The molecule has 1 atom stereocenters. The second kappa shape index (κ2) is 3.47. The molecule has 2 aromatic rings. The molecule has 1 unspecified atom stereocenters. The van der Waals surface area contributed by atoms with Crippen molar-refractivity contribution in [2.45, 2.75) is 19.9 Å².